The van der Waals surface area contributed by atoms with E-state index in [1.807, 2.05) is 0 Å². The van der Waals surface area contributed by atoms with Crippen LogP contribution in [-0.2, 0) is 20.0 Å². The Balaban J connectivity index is -0.000000980. The van der Waals surface area contributed by atoms with Gasteiger partial charge >= 0.3 is 49.9 Å². The average Bonchev–Trinajstić information content (AvgIpc) is 1.77. The summed E-state index contributed by atoms with van der Waals surface area (Å²) in [6.07, 6.45) is 0. The second kappa shape index (κ2) is 5.74. The molecule has 0 amide bonds. The third-order valence-electron chi connectivity index (χ3n) is 0.829. The first-order valence-corrected chi connectivity index (χ1v) is 5.58. The number of nitrogens with one attached hydrogen (secondary N) is 1. The van der Waals surface area contributed by atoms with Crippen molar-refractivity contribution in [3.05, 3.63) is 0 Å². The third-order valence-corrected chi connectivity index (χ3v) is 3.80. The number of alkyl halides is 6. The molecule has 0 aromatic heterocycles. The summed E-state index contributed by atoms with van der Waals surface area (Å²) >= 11 is 0. The van der Waals surface area contributed by atoms with Gasteiger partial charge in [-0.3, -0.25) is 4.70 Å². The molecule has 1 N–H and O–H groups in total. The van der Waals surface area contributed by atoms with Gasteiger partial charge in [0.25, 0.3) is 0 Å². The molecule has 0 rings (SSSR count). The fourth-order valence-corrected chi connectivity index (χ4v) is 2.15. The van der Waals surface area contributed by atoms with Crippen molar-refractivity contribution in [1.29, 1.82) is 0 Å². The normalized spacial score (nSPS) is 13.5. The van der Waals surface area contributed by atoms with Crippen LogP contribution in [0.5, 0.6) is 0 Å². The van der Waals surface area contributed by atoms with Gasteiger partial charge < -0.3 is 0 Å². The SMILES string of the molecule is F.O=S(=O)(NS(=O)(=O)C(F)(F)F)C(F)(F)F.[LiH]. The molecular weight excluding hydrogens is 306 g/mol. The zero-order valence-corrected chi connectivity index (χ0v) is 8.26. The van der Waals surface area contributed by atoms with Crippen LogP contribution < -0.4 is 4.13 Å². The Morgan fingerprint density at radius 2 is 0.882 bits per heavy atom. The Morgan fingerprint density at radius 3 is 1.00 bits per heavy atom. The summed E-state index contributed by atoms with van der Waals surface area (Å²) in [5, 5.41) is 0. The molecule has 0 spiro atoms. The van der Waals surface area contributed by atoms with Crippen molar-refractivity contribution in [2.75, 3.05) is 0 Å². The van der Waals surface area contributed by atoms with Crippen LogP contribution in [0.3, 0.4) is 0 Å². The topological polar surface area (TPSA) is 80.3 Å². The van der Waals surface area contributed by atoms with E-state index in [4.69, 9.17) is 0 Å². The van der Waals surface area contributed by atoms with Gasteiger partial charge in [-0.2, -0.15) is 26.3 Å². The van der Waals surface area contributed by atoms with Gasteiger partial charge in [0.05, 0.1) is 0 Å². The average molecular weight is 309 g/mol. The maximum absolute atomic E-state index is 11.5. The predicted molar refractivity (Wildman–Crippen MR) is 42.7 cm³/mol. The molecule has 0 saturated carbocycles. The van der Waals surface area contributed by atoms with Crippen molar-refractivity contribution < 1.29 is 47.9 Å². The Kier molecular flexibility index (Phi) is 7.48. The van der Waals surface area contributed by atoms with Gasteiger partial charge in [-0.25, -0.2) is 16.8 Å². The van der Waals surface area contributed by atoms with Crippen LogP contribution in [0.15, 0.2) is 0 Å². The van der Waals surface area contributed by atoms with Gasteiger partial charge in [-0.1, -0.05) is 4.13 Å². The van der Waals surface area contributed by atoms with E-state index < -0.39 is 35.2 Å². The zero-order chi connectivity index (χ0) is 12.7. The van der Waals surface area contributed by atoms with Crippen LogP contribution in [-0.4, -0.2) is 46.7 Å². The maximum atomic E-state index is 11.5. The quantitative estimate of drug-likeness (QED) is 0.565. The summed E-state index contributed by atoms with van der Waals surface area (Å²) in [5.74, 6) is 0. The second-order valence-corrected chi connectivity index (χ2v) is 5.59. The van der Waals surface area contributed by atoms with Gasteiger partial charge in [0, 0.05) is 0 Å². The Labute approximate surface area is 102 Å². The minimum absolute atomic E-state index is 0. The van der Waals surface area contributed by atoms with E-state index in [-0.39, 0.29) is 23.6 Å². The minimum atomic E-state index is -6.60. The molecular formula is C2H3F7LiNO4S2. The van der Waals surface area contributed by atoms with Crippen molar-refractivity contribution in [3.8, 4) is 0 Å². The summed E-state index contributed by atoms with van der Waals surface area (Å²) < 4.78 is 108. The Hall–Kier alpha value is -0.0326. The van der Waals surface area contributed by atoms with Crippen molar-refractivity contribution in [2.24, 2.45) is 0 Å². The van der Waals surface area contributed by atoms with Crippen LogP contribution in [0.2, 0.25) is 0 Å². The van der Waals surface area contributed by atoms with Gasteiger partial charge in [0.15, 0.2) is 0 Å². The molecule has 102 valence electrons. The molecule has 5 nitrogen and oxygen atoms in total. The molecule has 0 unspecified atom stereocenters. The third kappa shape index (κ3) is 5.42. The van der Waals surface area contributed by atoms with Crippen LogP contribution in [0.1, 0.15) is 0 Å². The Morgan fingerprint density at radius 1 is 0.706 bits per heavy atom. The zero-order valence-electron chi connectivity index (χ0n) is 6.63. The molecule has 0 bridgehead atoms. The first-order chi connectivity index (χ1) is 6.21. The van der Waals surface area contributed by atoms with Gasteiger partial charge in [0.1, 0.15) is 0 Å². The van der Waals surface area contributed by atoms with E-state index in [2.05, 4.69) is 0 Å². The van der Waals surface area contributed by atoms with Gasteiger partial charge in [-0.15, -0.1) is 0 Å². The van der Waals surface area contributed by atoms with Crippen molar-refractivity contribution >= 4 is 38.9 Å². The molecule has 0 radical (unpaired) electrons. The fourth-order valence-electron chi connectivity index (χ4n) is 0.239. The first-order valence-electron chi connectivity index (χ1n) is 2.62. The number of rotatable bonds is 2. The summed E-state index contributed by atoms with van der Waals surface area (Å²) in [6, 6.07) is 0. The molecule has 0 heterocycles. The van der Waals surface area contributed by atoms with E-state index in [1.54, 1.807) is 0 Å². The number of halogens is 7. The summed E-state index contributed by atoms with van der Waals surface area (Å²) in [6.45, 7) is 0. The van der Waals surface area contributed by atoms with Crippen molar-refractivity contribution in [1.82, 2.24) is 4.13 Å². The molecule has 17 heavy (non-hydrogen) atoms. The summed E-state index contributed by atoms with van der Waals surface area (Å²) in [4.78, 5) is 0. The van der Waals surface area contributed by atoms with Crippen molar-refractivity contribution in [2.45, 2.75) is 11.0 Å². The number of hydrogen-bond acceptors (Lipinski definition) is 4. The molecule has 15 heteroatoms. The molecule has 0 aliphatic rings. The number of sulfonamides is 2. The van der Waals surface area contributed by atoms with Crippen LogP contribution in [0, 0.1) is 0 Å². The second-order valence-electron chi connectivity index (χ2n) is 1.98. The van der Waals surface area contributed by atoms with Crippen LogP contribution in [0.4, 0.5) is 31.0 Å². The van der Waals surface area contributed by atoms with Gasteiger partial charge in [-0.05, 0) is 0 Å². The standard InChI is InChI=1S/C2HF6NO4S2.FH.Li.H/c3-1(4,5)14(10,11)9-15(12,13)2(6,7)8;;;/h9H;1H;;. The molecule has 0 aliphatic heterocycles. The van der Waals surface area contributed by atoms with E-state index >= 15 is 0 Å². The van der Waals surface area contributed by atoms with E-state index in [1.165, 1.54) is 0 Å². The summed E-state index contributed by atoms with van der Waals surface area (Å²) in [5.41, 5.74) is -12.3. The van der Waals surface area contributed by atoms with Crippen LogP contribution >= 0.6 is 0 Å². The van der Waals surface area contributed by atoms with Gasteiger partial charge in [0.2, 0.25) is 0 Å². The molecule has 0 atom stereocenters. The number of hydrogen-bond donors (Lipinski definition) is 1. The van der Waals surface area contributed by atoms with Crippen LogP contribution in [0.25, 0.3) is 0 Å². The van der Waals surface area contributed by atoms with E-state index in [0.717, 1.165) is 0 Å². The fraction of sp³-hybridized carbons (Fsp3) is 1.00. The first kappa shape index (κ1) is 22.2. The van der Waals surface area contributed by atoms with E-state index in [0.29, 0.717) is 0 Å². The van der Waals surface area contributed by atoms with E-state index in [9.17, 15) is 43.2 Å². The molecule has 0 aromatic carbocycles. The summed E-state index contributed by atoms with van der Waals surface area (Å²) in [7, 11) is -13.2. The molecule has 0 saturated heterocycles. The van der Waals surface area contributed by atoms with Crippen molar-refractivity contribution in [3.63, 3.8) is 0 Å². The Bertz CT molecular complexity index is 391. The predicted octanol–water partition coefficient (Wildman–Crippen LogP) is -0.221. The molecule has 0 aliphatic carbocycles. The molecule has 0 fully saturated rings. The monoisotopic (exact) mass is 309 g/mol. The molecule has 0 aromatic rings.